The van der Waals surface area contributed by atoms with E-state index in [0.717, 1.165) is 0 Å². The lowest BCUT2D eigenvalue weighted by atomic mass is 10.3. The monoisotopic (exact) mass is 151 g/mol. The molecule has 60 valence electrons. The molecule has 2 atom stereocenters. The van der Waals surface area contributed by atoms with Crippen LogP contribution in [-0.4, -0.2) is 51.6 Å². The second-order valence-electron chi connectivity index (χ2n) is 1.82. The lowest BCUT2D eigenvalue weighted by Gasteiger charge is -2.11. The Balaban J connectivity index is 3.81. The molecule has 0 saturated heterocycles. The van der Waals surface area contributed by atoms with Gasteiger partial charge >= 0.3 is 0 Å². The Morgan fingerprint density at radius 3 is 2.10 bits per heavy atom. The first-order chi connectivity index (χ1) is 4.63. The van der Waals surface area contributed by atoms with Crippen LogP contribution in [0.25, 0.3) is 0 Å². The summed E-state index contributed by atoms with van der Waals surface area (Å²) in [6, 6.07) is 0. The lowest BCUT2D eigenvalue weighted by molar-refractivity contribution is -0.137. The molecule has 0 saturated carbocycles. The normalized spacial score (nSPS) is 16.4. The fraction of sp³-hybridized carbons (Fsp3) is 0.800. The average molecular weight is 151 g/mol. The van der Waals surface area contributed by atoms with Gasteiger partial charge in [-0.3, -0.25) is 4.79 Å². The number of ketones is 1. The van der Waals surface area contributed by atoms with E-state index in [9.17, 15) is 4.79 Å². The van der Waals surface area contributed by atoms with Gasteiger partial charge in [0, 0.05) is 0 Å². The molecule has 10 heavy (non-hydrogen) atoms. The Kier molecular flexibility index (Phi) is 4.13. The minimum absolute atomic E-state index is 0.701. The van der Waals surface area contributed by atoms with E-state index in [2.05, 4.69) is 0 Å². The summed E-state index contributed by atoms with van der Waals surface area (Å²) < 4.78 is 0. The number of aliphatic hydroxyl groups is 4. The second kappa shape index (κ2) is 4.35. The molecule has 0 bridgehead atoms. The Hall–Kier alpha value is -0.490. The molecule has 0 radical (unpaired) electrons. The van der Waals surface area contributed by atoms with Crippen LogP contribution >= 0.6 is 0 Å². The summed E-state index contributed by atoms with van der Waals surface area (Å²) in [7, 11) is 0. The summed E-state index contributed by atoms with van der Waals surface area (Å²) >= 11 is 0. The molecule has 0 amide bonds. The summed E-state index contributed by atoms with van der Waals surface area (Å²) in [4.78, 5) is 10.3. The highest BCUT2D eigenvalue weighted by atomic mass is 16.4. The van der Waals surface area contributed by atoms with Gasteiger partial charge in [0.05, 0.1) is 6.61 Å². The number of carbonyl (C=O) groups is 1. The topological polar surface area (TPSA) is 98.0 Å². The molecule has 0 spiro atoms. The highest BCUT2D eigenvalue weighted by Crippen LogP contribution is 1.92. The molecule has 0 unspecified atom stereocenters. The first-order valence-electron chi connectivity index (χ1n) is 2.74. The lowest BCUT2D eigenvalue weighted by Crippen LogP contribution is -2.37. The molecule has 0 aliphatic rings. The highest BCUT2D eigenvalue weighted by Gasteiger charge is 2.21. The third-order valence-corrected chi connectivity index (χ3v) is 1.04. The van der Waals surface area contributed by atoms with Gasteiger partial charge in [-0.2, -0.15) is 0 Å². The largest absolute Gasteiger partial charge is 0.394 e. The van der Waals surface area contributed by atoms with E-state index >= 15 is 0 Å². The van der Waals surface area contributed by atoms with Crippen LogP contribution < -0.4 is 0 Å². The van der Waals surface area contributed by atoms with Gasteiger partial charge in [0.1, 0.15) is 18.8 Å². The number of hydrogen-bond acceptors (Lipinski definition) is 5. The zero-order chi connectivity index (χ0) is 8.15. The second-order valence-corrected chi connectivity index (χ2v) is 1.82. The predicted octanol–water partition coefficient (Wildman–Crippen LogP) is -2.74. The van der Waals surface area contributed by atoms with E-state index in [-0.39, 0.29) is 0 Å². The van der Waals surface area contributed by atoms with Gasteiger partial charge in [-0.15, -0.1) is 0 Å². The SMILES string of the molecule is O=[13C](CO)[C@@H](O)[C@H](O)CO. The minimum atomic E-state index is -1.69. The van der Waals surface area contributed by atoms with E-state index in [4.69, 9.17) is 20.4 Å². The van der Waals surface area contributed by atoms with Crippen molar-refractivity contribution in [3.8, 4) is 0 Å². The van der Waals surface area contributed by atoms with Crippen molar-refractivity contribution < 1.29 is 25.2 Å². The molecular formula is C5H10O5. The van der Waals surface area contributed by atoms with E-state index in [1.54, 1.807) is 0 Å². The summed E-state index contributed by atoms with van der Waals surface area (Å²) in [6.07, 6.45) is -3.19. The average Bonchev–Trinajstić information content (AvgIpc) is 2.00. The van der Waals surface area contributed by atoms with Crippen LogP contribution in [0.1, 0.15) is 0 Å². The summed E-state index contributed by atoms with van der Waals surface area (Å²) in [6.45, 7) is -1.54. The van der Waals surface area contributed by atoms with Gasteiger partial charge in [0.2, 0.25) is 0 Å². The number of carbonyl (C=O) groups excluding carboxylic acids is 1. The van der Waals surface area contributed by atoms with E-state index in [0.29, 0.717) is 0 Å². The Labute approximate surface area is 57.5 Å². The smallest absolute Gasteiger partial charge is 0.189 e. The van der Waals surface area contributed by atoms with Crippen LogP contribution in [0.15, 0.2) is 0 Å². The van der Waals surface area contributed by atoms with Crippen LogP contribution in [0, 0.1) is 0 Å². The molecule has 5 heteroatoms. The fourth-order valence-corrected chi connectivity index (χ4v) is 0.408. The third kappa shape index (κ3) is 2.40. The van der Waals surface area contributed by atoms with Gasteiger partial charge in [0.25, 0.3) is 0 Å². The maximum absolute atomic E-state index is 10.3. The molecule has 0 rings (SSSR count). The van der Waals surface area contributed by atoms with E-state index in [1.807, 2.05) is 0 Å². The zero-order valence-electron chi connectivity index (χ0n) is 5.27. The maximum atomic E-state index is 10.3. The van der Waals surface area contributed by atoms with Crippen LogP contribution in [-0.2, 0) is 4.79 Å². The molecular weight excluding hydrogens is 141 g/mol. The third-order valence-electron chi connectivity index (χ3n) is 1.04. The van der Waals surface area contributed by atoms with Crippen LogP contribution in [0.4, 0.5) is 0 Å². The number of rotatable bonds is 4. The van der Waals surface area contributed by atoms with Crippen molar-refractivity contribution in [3.63, 3.8) is 0 Å². The van der Waals surface area contributed by atoms with Gasteiger partial charge in [-0.1, -0.05) is 0 Å². The van der Waals surface area contributed by atoms with Gasteiger partial charge in [0.15, 0.2) is 5.78 Å². The van der Waals surface area contributed by atoms with Crippen molar-refractivity contribution in [2.45, 2.75) is 12.2 Å². The first kappa shape index (κ1) is 9.51. The van der Waals surface area contributed by atoms with Gasteiger partial charge in [-0.25, -0.2) is 0 Å². The molecule has 0 fully saturated rings. The molecule has 0 heterocycles. The van der Waals surface area contributed by atoms with Crippen molar-refractivity contribution in [3.05, 3.63) is 0 Å². The van der Waals surface area contributed by atoms with Crippen molar-refractivity contribution in [1.29, 1.82) is 0 Å². The van der Waals surface area contributed by atoms with E-state index in [1.165, 1.54) is 0 Å². The molecule has 0 aliphatic carbocycles. The first-order valence-corrected chi connectivity index (χ1v) is 2.74. The van der Waals surface area contributed by atoms with Crippen LogP contribution in [0.3, 0.4) is 0 Å². The number of Topliss-reactive ketones (excluding diaryl/α,β-unsaturated/α-hetero) is 1. The number of hydrogen-bond donors (Lipinski definition) is 4. The zero-order valence-corrected chi connectivity index (χ0v) is 5.27. The summed E-state index contributed by atoms with van der Waals surface area (Å²) in [5, 5.41) is 33.6. The summed E-state index contributed by atoms with van der Waals surface area (Å²) in [5.41, 5.74) is 0. The van der Waals surface area contributed by atoms with Crippen molar-refractivity contribution in [2.24, 2.45) is 0 Å². The predicted molar refractivity (Wildman–Crippen MR) is 31.2 cm³/mol. The van der Waals surface area contributed by atoms with Crippen molar-refractivity contribution in [1.82, 2.24) is 0 Å². The van der Waals surface area contributed by atoms with Gasteiger partial charge in [-0.05, 0) is 0 Å². The molecule has 4 N–H and O–H groups in total. The highest BCUT2D eigenvalue weighted by molar-refractivity contribution is 5.84. The van der Waals surface area contributed by atoms with E-state index < -0.39 is 31.2 Å². The van der Waals surface area contributed by atoms with Crippen LogP contribution in [0.5, 0.6) is 0 Å². The minimum Gasteiger partial charge on any atom is -0.394 e. The maximum Gasteiger partial charge on any atom is 0.189 e. The Bertz CT molecular complexity index is 113. The standard InChI is InChI=1S/C5H10O5/c6-1-3(8)5(10)4(9)2-7/h3,5-8,10H,1-2H2/t3-,5+/m1/s1/i4+1. The molecule has 5 nitrogen and oxygen atoms in total. The van der Waals surface area contributed by atoms with Crippen molar-refractivity contribution in [2.75, 3.05) is 13.2 Å². The fourth-order valence-electron chi connectivity index (χ4n) is 0.408. The molecule has 0 aromatic heterocycles. The molecule has 0 aromatic rings. The van der Waals surface area contributed by atoms with Crippen LogP contribution in [0.2, 0.25) is 0 Å². The molecule has 0 aromatic carbocycles. The van der Waals surface area contributed by atoms with Gasteiger partial charge < -0.3 is 20.4 Å². The number of aliphatic hydroxyl groups excluding tert-OH is 4. The Morgan fingerprint density at radius 1 is 1.30 bits per heavy atom. The Morgan fingerprint density at radius 2 is 1.80 bits per heavy atom. The molecule has 0 aliphatic heterocycles. The summed E-state index contributed by atoms with van der Waals surface area (Å²) in [5.74, 6) is -0.901. The quantitative estimate of drug-likeness (QED) is 0.327. The van der Waals surface area contributed by atoms with Crippen molar-refractivity contribution >= 4 is 5.78 Å².